The number of nitrogens with one attached hydrogen (secondary N) is 2. The van der Waals surface area contributed by atoms with Crippen LogP contribution in [0.5, 0.6) is 0 Å². The zero-order valence-corrected chi connectivity index (χ0v) is 17.9. The van der Waals surface area contributed by atoms with Gasteiger partial charge in [-0.25, -0.2) is 4.98 Å². The number of H-pyrrole nitrogens is 1. The summed E-state index contributed by atoms with van der Waals surface area (Å²) in [5.74, 6) is 0.999. The number of halogens is 1. The van der Waals surface area contributed by atoms with E-state index in [1.807, 2.05) is 0 Å². The van der Waals surface area contributed by atoms with Gasteiger partial charge in [-0.3, -0.25) is 4.79 Å². The van der Waals surface area contributed by atoms with E-state index < -0.39 is 0 Å². The standard InChI is InChI=1S/C23H28ClN3O/c1-14(2)21(15-6-8-16(9-7-15)23(3,4)5)25-13-20-26-19-12-17(24)10-11-18(19)22(28)27-20/h6-12,14,21,25H,13H2,1-5H3,(H,26,27,28)/t21-/m0/s1. The maximum absolute atomic E-state index is 12.3. The fourth-order valence-corrected chi connectivity index (χ4v) is 3.55. The van der Waals surface area contributed by atoms with Crippen LogP contribution >= 0.6 is 11.6 Å². The van der Waals surface area contributed by atoms with Crippen molar-refractivity contribution in [1.82, 2.24) is 15.3 Å². The third kappa shape index (κ3) is 4.62. The highest BCUT2D eigenvalue weighted by atomic mass is 35.5. The summed E-state index contributed by atoms with van der Waals surface area (Å²) in [5.41, 5.74) is 3.15. The summed E-state index contributed by atoms with van der Waals surface area (Å²) in [5, 5.41) is 4.67. The molecular formula is C23H28ClN3O. The second kappa shape index (κ2) is 8.06. The van der Waals surface area contributed by atoms with E-state index in [2.05, 4.69) is 74.2 Å². The summed E-state index contributed by atoms with van der Waals surface area (Å²) >= 11 is 6.05. The average Bonchev–Trinajstić information content (AvgIpc) is 2.61. The topological polar surface area (TPSA) is 57.8 Å². The highest BCUT2D eigenvalue weighted by Gasteiger charge is 2.18. The van der Waals surface area contributed by atoms with Crippen molar-refractivity contribution < 1.29 is 0 Å². The van der Waals surface area contributed by atoms with E-state index in [0.29, 0.717) is 34.2 Å². The van der Waals surface area contributed by atoms with Crippen LogP contribution in [-0.4, -0.2) is 9.97 Å². The first-order valence-electron chi connectivity index (χ1n) is 9.67. The Morgan fingerprint density at radius 3 is 2.39 bits per heavy atom. The summed E-state index contributed by atoms with van der Waals surface area (Å²) in [4.78, 5) is 19.8. The molecule has 1 atom stereocenters. The number of aromatic amines is 1. The number of benzene rings is 2. The van der Waals surface area contributed by atoms with E-state index in [1.54, 1.807) is 18.2 Å². The fourth-order valence-electron chi connectivity index (χ4n) is 3.38. The van der Waals surface area contributed by atoms with Gasteiger partial charge in [-0.1, -0.05) is 70.5 Å². The Kier molecular flexibility index (Phi) is 5.92. The van der Waals surface area contributed by atoms with Gasteiger partial charge in [-0.2, -0.15) is 0 Å². The van der Waals surface area contributed by atoms with Gasteiger partial charge < -0.3 is 10.3 Å². The largest absolute Gasteiger partial charge is 0.309 e. The fraction of sp³-hybridized carbons (Fsp3) is 0.391. The van der Waals surface area contributed by atoms with Crippen molar-refractivity contribution in [3.05, 3.63) is 74.8 Å². The Morgan fingerprint density at radius 2 is 1.79 bits per heavy atom. The van der Waals surface area contributed by atoms with Crippen molar-refractivity contribution in [3.63, 3.8) is 0 Å². The van der Waals surface area contributed by atoms with E-state index in [0.717, 1.165) is 0 Å². The third-order valence-corrected chi connectivity index (χ3v) is 5.24. The molecule has 28 heavy (non-hydrogen) atoms. The molecule has 0 fully saturated rings. The molecule has 0 aliphatic carbocycles. The van der Waals surface area contributed by atoms with Crippen LogP contribution in [-0.2, 0) is 12.0 Å². The first-order valence-corrected chi connectivity index (χ1v) is 10.1. The predicted molar refractivity (Wildman–Crippen MR) is 117 cm³/mol. The average molecular weight is 398 g/mol. The molecule has 2 N–H and O–H groups in total. The monoisotopic (exact) mass is 397 g/mol. The molecule has 1 aromatic heterocycles. The van der Waals surface area contributed by atoms with Gasteiger partial charge in [-0.05, 0) is 40.7 Å². The van der Waals surface area contributed by atoms with Crippen molar-refractivity contribution in [3.8, 4) is 0 Å². The zero-order valence-electron chi connectivity index (χ0n) is 17.1. The van der Waals surface area contributed by atoms with Gasteiger partial charge in [0.2, 0.25) is 0 Å². The lowest BCUT2D eigenvalue weighted by atomic mass is 9.85. The number of aromatic nitrogens is 2. The van der Waals surface area contributed by atoms with Crippen molar-refractivity contribution in [2.75, 3.05) is 0 Å². The molecule has 2 aromatic carbocycles. The summed E-state index contributed by atoms with van der Waals surface area (Å²) in [6, 6.07) is 14.1. The van der Waals surface area contributed by atoms with E-state index in [1.165, 1.54) is 11.1 Å². The number of hydrogen-bond donors (Lipinski definition) is 2. The molecule has 0 saturated carbocycles. The Morgan fingerprint density at radius 1 is 1.11 bits per heavy atom. The van der Waals surface area contributed by atoms with Gasteiger partial charge in [0, 0.05) is 11.1 Å². The molecule has 0 amide bonds. The smallest absolute Gasteiger partial charge is 0.258 e. The number of rotatable bonds is 5. The van der Waals surface area contributed by atoms with Crippen LogP contribution in [0.1, 0.15) is 57.6 Å². The van der Waals surface area contributed by atoms with Crippen LogP contribution in [0.4, 0.5) is 0 Å². The van der Waals surface area contributed by atoms with Gasteiger partial charge in [0.05, 0.1) is 17.4 Å². The lowest BCUT2D eigenvalue weighted by molar-refractivity contribution is 0.405. The predicted octanol–water partition coefficient (Wildman–Crippen LogP) is 5.36. The molecule has 0 spiro atoms. The quantitative estimate of drug-likeness (QED) is 0.609. The molecule has 0 bridgehead atoms. The van der Waals surface area contributed by atoms with E-state index >= 15 is 0 Å². The number of hydrogen-bond acceptors (Lipinski definition) is 3. The van der Waals surface area contributed by atoms with Crippen LogP contribution in [0.15, 0.2) is 47.3 Å². The Hall–Kier alpha value is -2.17. The molecule has 0 saturated heterocycles. The van der Waals surface area contributed by atoms with Gasteiger partial charge in [-0.15, -0.1) is 0 Å². The molecule has 0 aliphatic heterocycles. The highest BCUT2D eigenvalue weighted by Crippen LogP contribution is 2.27. The van der Waals surface area contributed by atoms with Crippen LogP contribution in [0.25, 0.3) is 10.9 Å². The molecule has 4 nitrogen and oxygen atoms in total. The van der Waals surface area contributed by atoms with Gasteiger partial charge >= 0.3 is 0 Å². The minimum Gasteiger partial charge on any atom is -0.309 e. The molecule has 1 heterocycles. The Bertz CT molecular complexity index is 1020. The van der Waals surface area contributed by atoms with Gasteiger partial charge in [0.1, 0.15) is 5.82 Å². The highest BCUT2D eigenvalue weighted by molar-refractivity contribution is 6.31. The molecule has 3 rings (SSSR count). The van der Waals surface area contributed by atoms with Crippen molar-refractivity contribution in [1.29, 1.82) is 0 Å². The molecule has 5 heteroatoms. The minimum absolute atomic E-state index is 0.134. The van der Waals surface area contributed by atoms with E-state index in [9.17, 15) is 4.79 Å². The maximum Gasteiger partial charge on any atom is 0.258 e. The molecule has 148 valence electrons. The minimum atomic E-state index is -0.144. The summed E-state index contributed by atoms with van der Waals surface area (Å²) < 4.78 is 0. The van der Waals surface area contributed by atoms with Gasteiger partial charge in [0.15, 0.2) is 0 Å². The SMILES string of the molecule is CC(C)[C@H](NCc1nc2cc(Cl)ccc2c(=O)[nH]1)c1ccc(C(C)(C)C)cc1. The number of nitrogens with zero attached hydrogens (tertiary/aromatic N) is 1. The second-order valence-corrected chi connectivity index (χ2v) is 9.09. The van der Waals surface area contributed by atoms with Crippen molar-refractivity contribution in [2.45, 2.75) is 52.6 Å². The van der Waals surface area contributed by atoms with Crippen LogP contribution in [0.3, 0.4) is 0 Å². The van der Waals surface area contributed by atoms with E-state index in [-0.39, 0.29) is 17.0 Å². The molecule has 0 unspecified atom stereocenters. The summed E-state index contributed by atoms with van der Waals surface area (Å²) in [6.45, 7) is 11.5. The van der Waals surface area contributed by atoms with Crippen molar-refractivity contribution in [2.24, 2.45) is 5.92 Å². The van der Waals surface area contributed by atoms with E-state index in [4.69, 9.17) is 11.6 Å². The first kappa shape index (κ1) is 20.6. The normalized spacial score (nSPS) is 13.2. The molecule has 3 aromatic rings. The molecule has 0 radical (unpaired) electrons. The summed E-state index contributed by atoms with van der Waals surface area (Å²) in [7, 11) is 0. The lowest BCUT2D eigenvalue weighted by Crippen LogP contribution is -2.27. The molecular weight excluding hydrogens is 370 g/mol. The molecule has 0 aliphatic rings. The Labute approximate surface area is 171 Å². The second-order valence-electron chi connectivity index (χ2n) is 8.65. The zero-order chi connectivity index (χ0) is 20.5. The third-order valence-electron chi connectivity index (χ3n) is 5.01. The summed E-state index contributed by atoms with van der Waals surface area (Å²) in [6.07, 6.45) is 0. The van der Waals surface area contributed by atoms with Crippen LogP contribution in [0, 0.1) is 5.92 Å². The van der Waals surface area contributed by atoms with Crippen molar-refractivity contribution >= 4 is 22.5 Å². The number of fused-ring (bicyclic) bond motifs is 1. The van der Waals surface area contributed by atoms with Gasteiger partial charge in [0.25, 0.3) is 5.56 Å². The lowest BCUT2D eigenvalue weighted by Gasteiger charge is -2.25. The Balaban J connectivity index is 1.82. The van der Waals surface area contributed by atoms with Crippen LogP contribution in [0.2, 0.25) is 5.02 Å². The maximum atomic E-state index is 12.3. The van der Waals surface area contributed by atoms with Crippen LogP contribution < -0.4 is 10.9 Å². The first-order chi connectivity index (χ1) is 13.1.